The normalized spacial score (nSPS) is 11.4. The average molecular weight is 158 g/mol. The molecule has 0 aliphatic carbocycles. The molecule has 3 heteroatoms. The Morgan fingerprint density at radius 3 is 2.18 bits per heavy atom. The molecule has 3 nitrogen and oxygen atoms in total. The van der Waals surface area contributed by atoms with Gasteiger partial charge in [0.15, 0.2) is 0 Å². The van der Waals surface area contributed by atoms with Crippen molar-refractivity contribution < 1.29 is 4.79 Å². The first-order valence-electron chi connectivity index (χ1n) is 3.84. The van der Waals surface area contributed by atoms with E-state index in [4.69, 9.17) is 5.84 Å². The Labute approximate surface area is 68.5 Å². The van der Waals surface area contributed by atoms with E-state index in [1.54, 1.807) is 7.05 Å². The van der Waals surface area contributed by atoms with Crippen LogP contribution in [0.4, 0.5) is 0 Å². The van der Waals surface area contributed by atoms with E-state index in [0.29, 0.717) is 6.42 Å². The van der Waals surface area contributed by atoms with E-state index in [9.17, 15) is 4.79 Å². The molecule has 0 aromatic carbocycles. The van der Waals surface area contributed by atoms with E-state index in [-0.39, 0.29) is 11.3 Å². The zero-order valence-corrected chi connectivity index (χ0v) is 7.85. The van der Waals surface area contributed by atoms with Crippen molar-refractivity contribution in [3.8, 4) is 0 Å². The Kier molecular flexibility index (Phi) is 3.52. The number of hydrogen-bond donors (Lipinski definition) is 1. The monoisotopic (exact) mass is 158 g/mol. The smallest absolute Gasteiger partial charge is 0.236 e. The summed E-state index contributed by atoms with van der Waals surface area (Å²) in [4.78, 5) is 11.0. The maximum absolute atomic E-state index is 11.0. The topological polar surface area (TPSA) is 46.3 Å². The molecule has 0 aromatic heterocycles. The second-order valence-corrected chi connectivity index (χ2v) is 4.07. The molecule has 66 valence electrons. The number of hydrazine groups is 1. The summed E-state index contributed by atoms with van der Waals surface area (Å²) >= 11 is 0. The van der Waals surface area contributed by atoms with Crippen LogP contribution in [0.25, 0.3) is 0 Å². The van der Waals surface area contributed by atoms with Crippen LogP contribution < -0.4 is 5.84 Å². The molecular formula is C8H18N2O. The summed E-state index contributed by atoms with van der Waals surface area (Å²) < 4.78 is 0. The molecule has 0 saturated heterocycles. The Hall–Kier alpha value is -0.570. The van der Waals surface area contributed by atoms with Crippen molar-refractivity contribution >= 4 is 5.91 Å². The van der Waals surface area contributed by atoms with E-state index in [1.165, 1.54) is 0 Å². The second kappa shape index (κ2) is 3.72. The van der Waals surface area contributed by atoms with E-state index < -0.39 is 0 Å². The van der Waals surface area contributed by atoms with Crippen LogP contribution in [0, 0.1) is 5.41 Å². The lowest BCUT2D eigenvalue weighted by Gasteiger charge is -2.18. The highest BCUT2D eigenvalue weighted by Crippen LogP contribution is 2.20. The Bertz CT molecular complexity index is 136. The molecule has 1 amide bonds. The first-order valence-corrected chi connectivity index (χ1v) is 3.84. The number of nitrogens with two attached hydrogens (primary N) is 1. The molecule has 0 spiro atoms. The molecule has 2 N–H and O–H groups in total. The molecule has 0 aliphatic heterocycles. The fourth-order valence-corrected chi connectivity index (χ4v) is 0.658. The summed E-state index contributed by atoms with van der Waals surface area (Å²) in [6.07, 6.45) is 1.42. The lowest BCUT2D eigenvalue weighted by atomic mass is 9.90. The fourth-order valence-electron chi connectivity index (χ4n) is 0.658. The van der Waals surface area contributed by atoms with Crippen molar-refractivity contribution in [3.05, 3.63) is 0 Å². The summed E-state index contributed by atoms with van der Waals surface area (Å²) in [5, 5.41) is 1.14. The van der Waals surface area contributed by atoms with Crippen LogP contribution in [0.15, 0.2) is 0 Å². The molecular weight excluding hydrogens is 140 g/mol. The molecule has 0 bridgehead atoms. The quantitative estimate of drug-likeness (QED) is 0.372. The van der Waals surface area contributed by atoms with Gasteiger partial charge in [-0.1, -0.05) is 20.8 Å². The lowest BCUT2D eigenvalue weighted by molar-refractivity contribution is -0.130. The molecule has 0 saturated carbocycles. The lowest BCUT2D eigenvalue weighted by Crippen LogP contribution is -2.33. The van der Waals surface area contributed by atoms with Crippen LogP contribution in [0.1, 0.15) is 33.6 Å². The minimum atomic E-state index is -0.0000694. The van der Waals surface area contributed by atoms with Gasteiger partial charge in [-0.15, -0.1) is 0 Å². The first-order chi connectivity index (χ1) is 4.83. The van der Waals surface area contributed by atoms with Crippen molar-refractivity contribution in [1.29, 1.82) is 0 Å². The SMILES string of the molecule is CN(N)C(=O)CCC(C)(C)C. The van der Waals surface area contributed by atoms with Crippen LogP contribution in [-0.2, 0) is 4.79 Å². The molecule has 0 fully saturated rings. The van der Waals surface area contributed by atoms with E-state index in [0.717, 1.165) is 11.4 Å². The van der Waals surface area contributed by atoms with E-state index in [2.05, 4.69) is 20.8 Å². The van der Waals surface area contributed by atoms with Gasteiger partial charge in [0.05, 0.1) is 0 Å². The third kappa shape index (κ3) is 5.85. The van der Waals surface area contributed by atoms with Crippen LogP contribution >= 0.6 is 0 Å². The van der Waals surface area contributed by atoms with Gasteiger partial charge in [-0.2, -0.15) is 0 Å². The number of carbonyl (C=O) groups excluding carboxylic acids is 1. The zero-order valence-electron chi connectivity index (χ0n) is 7.85. The standard InChI is InChI=1S/C8H18N2O/c1-8(2,3)6-5-7(11)10(4)9/h5-6,9H2,1-4H3. The highest BCUT2D eigenvalue weighted by molar-refractivity contribution is 5.75. The molecule has 0 aromatic rings. The summed E-state index contributed by atoms with van der Waals surface area (Å²) in [7, 11) is 1.57. The number of rotatable bonds is 2. The summed E-state index contributed by atoms with van der Waals surface area (Å²) in [6, 6.07) is 0. The van der Waals surface area contributed by atoms with Gasteiger partial charge in [0, 0.05) is 13.5 Å². The molecule has 11 heavy (non-hydrogen) atoms. The summed E-state index contributed by atoms with van der Waals surface area (Å²) in [5.41, 5.74) is 0.214. The number of nitrogens with zero attached hydrogens (tertiary/aromatic N) is 1. The average Bonchev–Trinajstić information content (AvgIpc) is 1.80. The van der Waals surface area contributed by atoms with Gasteiger partial charge in [-0.3, -0.25) is 9.80 Å². The molecule has 0 unspecified atom stereocenters. The fraction of sp³-hybridized carbons (Fsp3) is 0.875. The maximum atomic E-state index is 11.0. The van der Waals surface area contributed by atoms with Crippen molar-refractivity contribution in [3.63, 3.8) is 0 Å². The predicted octanol–water partition coefficient (Wildman–Crippen LogP) is 1.14. The molecule has 0 aliphatic rings. The van der Waals surface area contributed by atoms with Gasteiger partial charge >= 0.3 is 0 Å². The number of carbonyl (C=O) groups is 1. The largest absolute Gasteiger partial charge is 0.284 e. The van der Waals surface area contributed by atoms with Crippen LogP contribution in [0.5, 0.6) is 0 Å². The summed E-state index contributed by atoms with van der Waals surface area (Å²) in [5.74, 6) is 5.25. The van der Waals surface area contributed by atoms with Gasteiger partial charge in [0.25, 0.3) is 0 Å². The van der Waals surface area contributed by atoms with Crippen LogP contribution in [0.3, 0.4) is 0 Å². The Morgan fingerprint density at radius 1 is 1.45 bits per heavy atom. The van der Waals surface area contributed by atoms with Gasteiger partial charge in [-0.05, 0) is 11.8 Å². The molecule has 0 atom stereocenters. The van der Waals surface area contributed by atoms with Gasteiger partial charge in [0.1, 0.15) is 0 Å². The number of hydrogen-bond acceptors (Lipinski definition) is 2. The third-order valence-electron chi connectivity index (χ3n) is 1.48. The molecule has 0 rings (SSSR count). The number of amides is 1. The van der Waals surface area contributed by atoms with E-state index in [1.807, 2.05) is 0 Å². The first kappa shape index (κ1) is 10.4. The van der Waals surface area contributed by atoms with Crippen LogP contribution in [-0.4, -0.2) is 18.0 Å². The highest BCUT2D eigenvalue weighted by atomic mass is 16.2. The zero-order chi connectivity index (χ0) is 9.07. The second-order valence-electron chi connectivity index (χ2n) is 4.07. The van der Waals surface area contributed by atoms with Crippen LogP contribution in [0.2, 0.25) is 0 Å². The van der Waals surface area contributed by atoms with Gasteiger partial charge in [-0.25, -0.2) is 5.84 Å². The Balaban J connectivity index is 3.64. The van der Waals surface area contributed by atoms with Crippen molar-refractivity contribution in [2.75, 3.05) is 7.05 Å². The van der Waals surface area contributed by atoms with Gasteiger partial charge in [0.2, 0.25) is 5.91 Å². The predicted molar refractivity (Wildman–Crippen MR) is 45.6 cm³/mol. The van der Waals surface area contributed by atoms with Gasteiger partial charge < -0.3 is 0 Å². The van der Waals surface area contributed by atoms with E-state index >= 15 is 0 Å². The van der Waals surface area contributed by atoms with Crippen molar-refractivity contribution in [2.24, 2.45) is 11.3 Å². The molecule has 0 heterocycles. The van der Waals surface area contributed by atoms with Crippen molar-refractivity contribution in [2.45, 2.75) is 33.6 Å². The minimum absolute atomic E-state index is 0.0000694. The highest BCUT2D eigenvalue weighted by Gasteiger charge is 2.13. The molecule has 0 radical (unpaired) electrons. The minimum Gasteiger partial charge on any atom is -0.284 e. The third-order valence-corrected chi connectivity index (χ3v) is 1.48. The Morgan fingerprint density at radius 2 is 1.91 bits per heavy atom. The summed E-state index contributed by atoms with van der Waals surface area (Å²) in [6.45, 7) is 6.32. The maximum Gasteiger partial charge on any atom is 0.236 e. The van der Waals surface area contributed by atoms with Crippen molar-refractivity contribution in [1.82, 2.24) is 5.01 Å².